The van der Waals surface area contributed by atoms with Crippen LogP contribution in [0.3, 0.4) is 0 Å². The number of aliphatic hydroxyl groups is 1. The Morgan fingerprint density at radius 3 is 2.10 bits per heavy atom. The highest BCUT2D eigenvalue weighted by atomic mass is 19.4. The van der Waals surface area contributed by atoms with E-state index in [0.29, 0.717) is 12.0 Å². The Bertz CT molecular complexity index is 549. The molecule has 0 aliphatic heterocycles. The summed E-state index contributed by atoms with van der Waals surface area (Å²) in [5, 5.41) is 9.97. The van der Waals surface area contributed by atoms with Crippen molar-refractivity contribution in [3.63, 3.8) is 0 Å². The minimum absolute atomic E-state index is 0.207. The molecule has 0 fully saturated rings. The molecule has 0 radical (unpaired) electrons. The summed E-state index contributed by atoms with van der Waals surface area (Å²) in [6.07, 6.45) is -4.41. The minimum Gasteiger partial charge on any atom is -0.392 e. The van der Waals surface area contributed by atoms with Gasteiger partial charge in [-0.2, -0.15) is 13.2 Å². The van der Waals surface area contributed by atoms with Crippen molar-refractivity contribution >= 4 is 0 Å². The maximum Gasteiger partial charge on any atom is 0.416 e. The zero-order valence-corrected chi connectivity index (χ0v) is 10.8. The minimum atomic E-state index is -4.35. The number of alkyl halides is 3. The number of benzene rings is 2. The number of hydrogen-bond donors (Lipinski definition) is 1. The molecule has 0 aliphatic rings. The van der Waals surface area contributed by atoms with Crippen molar-refractivity contribution in [2.45, 2.75) is 25.1 Å². The first kappa shape index (κ1) is 14.6. The van der Waals surface area contributed by atoms with Gasteiger partial charge in [-0.3, -0.25) is 0 Å². The van der Waals surface area contributed by atoms with Crippen molar-refractivity contribution in [3.8, 4) is 0 Å². The summed E-state index contributed by atoms with van der Waals surface area (Å²) in [7, 11) is 0. The van der Waals surface area contributed by atoms with E-state index in [1.54, 1.807) is 6.07 Å². The molecule has 2 aromatic carbocycles. The van der Waals surface area contributed by atoms with Gasteiger partial charge in [-0.15, -0.1) is 0 Å². The van der Waals surface area contributed by atoms with E-state index in [1.807, 2.05) is 30.3 Å². The highest BCUT2D eigenvalue weighted by Gasteiger charge is 2.30. The normalized spacial score (nSPS) is 13.2. The second-order valence-electron chi connectivity index (χ2n) is 4.75. The van der Waals surface area contributed by atoms with E-state index < -0.39 is 17.8 Å². The number of halogens is 3. The van der Waals surface area contributed by atoms with Gasteiger partial charge in [-0.05, 0) is 30.0 Å². The van der Waals surface area contributed by atoms with E-state index in [4.69, 9.17) is 0 Å². The third kappa shape index (κ3) is 4.10. The molecule has 4 heteroatoms. The smallest absolute Gasteiger partial charge is 0.392 e. The van der Waals surface area contributed by atoms with Crippen LogP contribution in [0.5, 0.6) is 0 Å². The molecular weight excluding hydrogens is 265 g/mol. The van der Waals surface area contributed by atoms with Crippen molar-refractivity contribution in [1.29, 1.82) is 0 Å². The molecule has 1 N–H and O–H groups in total. The van der Waals surface area contributed by atoms with E-state index in [9.17, 15) is 18.3 Å². The predicted molar refractivity (Wildman–Crippen MR) is 71.3 cm³/mol. The Balaban J connectivity index is 2.03. The SMILES string of the molecule is OC(Cc1ccccc1)Cc1cccc(C(F)(F)F)c1. The number of hydrogen-bond acceptors (Lipinski definition) is 1. The molecule has 0 aliphatic carbocycles. The molecule has 0 aromatic heterocycles. The average Bonchev–Trinajstić information content (AvgIpc) is 2.39. The lowest BCUT2D eigenvalue weighted by molar-refractivity contribution is -0.137. The summed E-state index contributed by atoms with van der Waals surface area (Å²) in [5.41, 5.74) is 0.775. The fourth-order valence-corrected chi connectivity index (χ4v) is 2.11. The van der Waals surface area contributed by atoms with Crippen LogP contribution >= 0.6 is 0 Å². The fourth-order valence-electron chi connectivity index (χ4n) is 2.11. The first-order valence-corrected chi connectivity index (χ1v) is 6.33. The summed E-state index contributed by atoms with van der Waals surface area (Å²) in [6, 6.07) is 14.5. The van der Waals surface area contributed by atoms with Crippen molar-refractivity contribution in [2.24, 2.45) is 0 Å². The predicted octanol–water partition coefficient (Wildman–Crippen LogP) is 3.85. The molecule has 0 spiro atoms. The molecule has 2 rings (SSSR count). The van der Waals surface area contributed by atoms with Crippen LogP contribution in [-0.2, 0) is 19.0 Å². The van der Waals surface area contributed by atoms with Gasteiger partial charge >= 0.3 is 6.18 Å². The second kappa shape index (κ2) is 6.09. The Labute approximate surface area is 115 Å². The van der Waals surface area contributed by atoms with E-state index in [2.05, 4.69) is 0 Å². The van der Waals surface area contributed by atoms with Crippen LogP contribution in [0.1, 0.15) is 16.7 Å². The average molecular weight is 280 g/mol. The van der Waals surface area contributed by atoms with Crippen LogP contribution in [-0.4, -0.2) is 11.2 Å². The first-order chi connectivity index (χ1) is 9.45. The molecule has 1 atom stereocenters. The van der Waals surface area contributed by atoms with Gasteiger partial charge in [0.05, 0.1) is 11.7 Å². The highest BCUT2D eigenvalue weighted by molar-refractivity contribution is 5.26. The van der Waals surface area contributed by atoms with E-state index in [-0.39, 0.29) is 6.42 Å². The molecule has 106 valence electrons. The molecule has 1 nitrogen and oxygen atoms in total. The molecule has 0 saturated heterocycles. The maximum atomic E-state index is 12.6. The van der Waals surface area contributed by atoms with Gasteiger partial charge in [0.2, 0.25) is 0 Å². The van der Waals surface area contributed by atoms with Gasteiger partial charge in [-0.1, -0.05) is 48.5 Å². The lowest BCUT2D eigenvalue weighted by atomic mass is 10.00. The number of rotatable bonds is 4. The lowest BCUT2D eigenvalue weighted by Gasteiger charge is -2.13. The molecule has 0 bridgehead atoms. The van der Waals surface area contributed by atoms with Gasteiger partial charge in [0.15, 0.2) is 0 Å². The van der Waals surface area contributed by atoms with Crippen LogP contribution in [0.15, 0.2) is 54.6 Å². The van der Waals surface area contributed by atoms with Gasteiger partial charge in [0.25, 0.3) is 0 Å². The molecule has 1 unspecified atom stereocenters. The molecule has 20 heavy (non-hydrogen) atoms. The third-order valence-electron chi connectivity index (χ3n) is 3.04. The van der Waals surface area contributed by atoms with Crippen molar-refractivity contribution < 1.29 is 18.3 Å². The summed E-state index contributed by atoms with van der Waals surface area (Å²) in [5.74, 6) is 0. The summed E-state index contributed by atoms with van der Waals surface area (Å²) in [6.45, 7) is 0. The van der Waals surface area contributed by atoms with Gasteiger partial charge < -0.3 is 5.11 Å². The Morgan fingerprint density at radius 1 is 0.850 bits per heavy atom. The largest absolute Gasteiger partial charge is 0.416 e. The van der Waals surface area contributed by atoms with Crippen molar-refractivity contribution in [3.05, 3.63) is 71.3 Å². The Hall–Kier alpha value is -1.81. The van der Waals surface area contributed by atoms with E-state index in [0.717, 1.165) is 17.7 Å². The molecule has 2 aromatic rings. The Morgan fingerprint density at radius 2 is 1.45 bits per heavy atom. The highest BCUT2D eigenvalue weighted by Crippen LogP contribution is 2.29. The topological polar surface area (TPSA) is 20.2 Å². The quantitative estimate of drug-likeness (QED) is 0.902. The maximum absolute atomic E-state index is 12.6. The summed E-state index contributed by atoms with van der Waals surface area (Å²) >= 11 is 0. The Kier molecular flexibility index (Phi) is 4.45. The lowest BCUT2D eigenvalue weighted by Crippen LogP contribution is -2.14. The standard InChI is InChI=1S/C16H15F3O/c17-16(18,19)14-8-4-7-13(9-14)11-15(20)10-12-5-2-1-3-6-12/h1-9,15,20H,10-11H2. The van der Waals surface area contributed by atoms with Gasteiger partial charge in [0, 0.05) is 0 Å². The molecule has 0 saturated carbocycles. The fraction of sp³-hybridized carbons (Fsp3) is 0.250. The van der Waals surface area contributed by atoms with Crippen LogP contribution < -0.4 is 0 Å². The monoisotopic (exact) mass is 280 g/mol. The van der Waals surface area contributed by atoms with Crippen LogP contribution in [0, 0.1) is 0 Å². The van der Waals surface area contributed by atoms with E-state index in [1.165, 1.54) is 6.07 Å². The van der Waals surface area contributed by atoms with Crippen LogP contribution in [0.25, 0.3) is 0 Å². The van der Waals surface area contributed by atoms with Crippen molar-refractivity contribution in [1.82, 2.24) is 0 Å². The zero-order valence-electron chi connectivity index (χ0n) is 10.8. The van der Waals surface area contributed by atoms with Crippen molar-refractivity contribution in [2.75, 3.05) is 0 Å². The van der Waals surface area contributed by atoms with Gasteiger partial charge in [0.1, 0.15) is 0 Å². The summed E-state index contributed by atoms with van der Waals surface area (Å²) in [4.78, 5) is 0. The molecule has 0 heterocycles. The zero-order chi connectivity index (χ0) is 14.6. The number of aliphatic hydroxyl groups excluding tert-OH is 1. The first-order valence-electron chi connectivity index (χ1n) is 6.33. The summed E-state index contributed by atoms with van der Waals surface area (Å²) < 4.78 is 37.8. The van der Waals surface area contributed by atoms with Crippen LogP contribution in [0.2, 0.25) is 0 Å². The second-order valence-corrected chi connectivity index (χ2v) is 4.75. The van der Waals surface area contributed by atoms with Crippen LogP contribution in [0.4, 0.5) is 13.2 Å². The molecule has 0 amide bonds. The van der Waals surface area contributed by atoms with E-state index >= 15 is 0 Å². The third-order valence-corrected chi connectivity index (χ3v) is 3.04. The molecular formula is C16H15F3O. The van der Waals surface area contributed by atoms with Gasteiger partial charge in [-0.25, -0.2) is 0 Å².